The first-order valence-corrected chi connectivity index (χ1v) is 7.43. The number of rotatable bonds is 4. The maximum Gasteiger partial charge on any atom is 0.269 e. The fraction of sp³-hybridized carbons (Fsp3) is 0.308. The van der Waals surface area contributed by atoms with Crippen LogP contribution in [0.3, 0.4) is 0 Å². The summed E-state index contributed by atoms with van der Waals surface area (Å²) in [5.41, 5.74) is 0.264. The molecule has 0 bridgehead atoms. The number of nitro groups is 1. The van der Waals surface area contributed by atoms with Crippen molar-refractivity contribution in [3.8, 4) is 0 Å². The number of nitro benzene ring substituents is 1. The minimum absolute atomic E-state index is 0.0924. The SMILES string of the molecule is C[C@H]1SCC(=O)N(CC(=O)Nc2ccc([N+](=O)[O-])cc2)C1=O. The summed E-state index contributed by atoms with van der Waals surface area (Å²) in [6.07, 6.45) is 0. The second kappa shape index (κ2) is 6.56. The van der Waals surface area contributed by atoms with Gasteiger partial charge in [0.1, 0.15) is 6.54 Å². The molecule has 9 heteroatoms. The number of nitrogens with zero attached hydrogens (tertiary/aromatic N) is 2. The highest BCUT2D eigenvalue weighted by atomic mass is 32.2. The molecule has 1 aliphatic rings. The molecular weight excluding hydrogens is 310 g/mol. The summed E-state index contributed by atoms with van der Waals surface area (Å²) in [4.78, 5) is 46.4. The number of hydrogen-bond donors (Lipinski definition) is 1. The molecule has 1 N–H and O–H groups in total. The fourth-order valence-corrected chi connectivity index (χ4v) is 2.68. The van der Waals surface area contributed by atoms with Gasteiger partial charge < -0.3 is 5.32 Å². The smallest absolute Gasteiger partial charge is 0.269 e. The maximum absolute atomic E-state index is 11.9. The number of imide groups is 1. The predicted octanol–water partition coefficient (Wildman–Crippen LogP) is 1.02. The van der Waals surface area contributed by atoms with E-state index >= 15 is 0 Å². The van der Waals surface area contributed by atoms with E-state index in [2.05, 4.69) is 5.32 Å². The first kappa shape index (κ1) is 16.0. The molecule has 1 fully saturated rings. The minimum Gasteiger partial charge on any atom is -0.325 e. The Morgan fingerprint density at radius 3 is 2.64 bits per heavy atom. The lowest BCUT2D eigenvalue weighted by molar-refractivity contribution is -0.384. The quantitative estimate of drug-likeness (QED) is 0.503. The molecule has 1 heterocycles. The van der Waals surface area contributed by atoms with E-state index in [1.807, 2.05) is 0 Å². The van der Waals surface area contributed by atoms with E-state index in [1.165, 1.54) is 36.0 Å². The number of non-ortho nitro benzene ring substituents is 1. The molecule has 0 aromatic heterocycles. The van der Waals surface area contributed by atoms with Gasteiger partial charge in [-0.05, 0) is 19.1 Å². The lowest BCUT2D eigenvalue weighted by Gasteiger charge is -2.27. The molecule has 1 atom stereocenters. The minimum atomic E-state index is -0.546. The molecule has 116 valence electrons. The first-order valence-electron chi connectivity index (χ1n) is 6.38. The van der Waals surface area contributed by atoms with Crippen LogP contribution < -0.4 is 5.32 Å². The Hall–Kier alpha value is -2.42. The van der Waals surface area contributed by atoms with Crippen molar-refractivity contribution in [1.29, 1.82) is 0 Å². The molecule has 8 nitrogen and oxygen atoms in total. The van der Waals surface area contributed by atoms with Crippen molar-refractivity contribution in [1.82, 2.24) is 4.90 Å². The zero-order chi connectivity index (χ0) is 16.3. The molecule has 1 aliphatic heterocycles. The lowest BCUT2D eigenvalue weighted by atomic mass is 10.3. The van der Waals surface area contributed by atoms with Crippen LogP contribution in [0.5, 0.6) is 0 Å². The van der Waals surface area contributed by atoms with Crippen molar-refractivity contribution in [2.24, 2.45) is 0 Å². The van der Waals surface area contributed by atoms with Crippen LogP contribution in [0, 0.1) is 10.1 Å². The van der Waals surface area contributed by atoms with Crippen molar-refractivity contribution in [3.05, 3.63) is 34.4 Å². The molecule has 1 aromatic rings. The summed E-state index contributed by atoms with van der Waals surface area (Å²) in [5.74, 6) is -1.15. The van der Waals surface area contributed by atoms with Gasteiger partial charge in [-0.25, -0.2) is 0 Å². The van der Waals surface area contributed by atoms with Gasteiger partial charge in [-0.2, -0.15) is 0 Å². The Bertz CT molecular complexity index is 631. The molecule has 1 saturated heterocycles. The van der Waals surface area contributed by atoms with E-state index in [0.717, 1.165) is 4.90 Å². The number of carbonyl (C=O) groups excluding carboxylic acids is 3. The summed E-state index contributed by atoms with van der Waals surface area (Å²) in [7, 11) is 0. The summed E-state index contributed by atoms with van der Waals surface area (Å²) in [6.45, 7) is 1.32. The zero-order valence-corrected chi connectivity index (χ0v) is 12.5. The summed E-state index contributed by atoms with van der Waals surface area (Å²) < 4.78 is 0. The van der Waals surface area contributed by atoms with Crippen LogP contribution in [-0.2, 0) is 14.4 Å². The number of anilines is 1. The number of thioether (sulfide) groups is 1. The fourth-order valence-electron chi connectivity index (χ4n) is 1.86. The Labute approximate surface area is 130 Å². The van der Waals surface area contributed by atoms with Crippen molar-refractivity contribution < 1.29 is 19.3 Å². The number of carbonyl (C=O) groups is 3. The van der Waals surface area contributed by atoms with Gasteiger partial charge in [0.2, 0.25) is 17.7 Å². The van der Waals surface area contributed by atoms with Crippen LogP contribution in [0.1, 0.15) is 6.92 Å². The second-order valence-electron chi connectivity index (χ2n) is 4.62. The number of benzene rings is 1. The Balaban J connectivity index is 1.98. The lowest BCUT2D eigenvalue weighted by Crippen LogP contribution is -2.49. The highest BCUT2D eigenvalue weighted by Crippen LogP contribution is 2.20. The largest absolute Gasteiger partial charge is 0.325 e. The van der Waals surface area contributed by atoms with E-state index in [9.17, 15) is 24.5 Å². The van der Waals surface area contributed by atoms with E-state index in [4.69, 9.17) is 0 Å². The molecule has 3 amide bonds. The molecule has 0 saturated carbocycles. The van der Waals surface area contributed by atoms with Crippen LogP contribution in [0.15, 0.2) is 24.3 Å². The molecular formula is C13H13N3O5S. The van der Waals surface area contributed by atoms with Gasteiger partial charge in [-0.15, -0.1) is 11.8 Å². The predicted molar refractivity (Wildman–Crippen MR) is 80.4 cm³/mol. The molecule has 0 aliphatic carbocycles. The highest BCUT2D eigenvalue weighted by molar-refractivity contribution is 8.01. The third-order valence-electron chi connectivity index (χ3n) is 3.04. The number of hydrogen-bond acceptors (Lipinski definition) is 6. The summed E-state index contributed by atoms with van der Waals surface area (Å²) >= 11 is 1.24. The van der Waals surface area contributed by atoms with Crippen LogP contribution >= 0.6 is 11.8 Å². The third-order valence-corrected chi connectivity index (χ3v) is 4.15. The zero-order valence-electron chi connectivity index (χ0n) is 11.6. The number of amides is 3. The van der Waals surface area contributed by atoms with E-state index in [0.29, 0.717) is 5.69 Å². The molecule has 1 aromatic carbocycles. The highest BCUT2D eigenvalue weighted by Gasteiger charge is 2.33. The van der Waals surface area contributed by atoms with Crippen LogP contribution in [-0.4, -0.2) is 45.1 Å². The van der Waals surface area contributed by atoms with Gasteiger partial charge in [0.25, 0.3) is 5.69 Å². The van der Waals surface area contributed by atoms with Crippen molar-refractivity contribution in [3.63, 3.8) is 0 Å². The van der Waals surface area contributed by atoms with Gasteiger partial charge in [0.05, 0.1) is 15.9 Å². The van der Waals surface area contributed by atoms with Gasteiger partial charge in [-0.1, -0.05) is 0 Å². The number of nitrogens with one attached hydrogen (secondary N) is 1. The molecule has 2 rings (SSSR count). The normalized spacial score (nSPS) is 18.2. The standard InChI is InChI=1S/C13H13N3O5S/c1-8-13(19)15(12(18)7-22-8)6-11(17)14-9-2-4-10(5-3-9)16(20)21/h2-5,8H,6-7H2,1H3,(H,14,17)/t8-/m1/s1. The van der Waals surface area contributed by atoms with E-state index in [1.54, 1.807) is 6.92 Å². The van der Waals surface area contributed by atoms with Gasteiger partial charge in [0.15, 0.2) is 0 Å². The van der Waals surface area contributed by atoms with Crippen LogP contribution in [0.4, 0.5) is 11.4 Å². The molecule has 0 unspecified atom stereocenters. The first-order chi connectivity index (χ1) is 10.4. The Kier molecular flexibility index (Phi) is 4.76. The maximum atomic E-state index is 11.9. The summed E-state index contributed by atoms with van der Waals surface area (Å²) in [5, 5.41) is 12.7. The summed E-state index contributed by atoms with van der Waals surface area (Å²) in [6, 6.07) is 5.28. The van der Waals surface area contributed by atoms with E-state index < -0.39 is 16.7 Å². The van der Waals surface area contributed by atoms with Gasteiger partial charge in [0, 0.05) is 17.8 Å². The monoisotopic (exact) mass is 323 g/mol. The van der Waals surface area contributed by atoms with Crippen molar-refractivity contribution in [2.45, 2.75) is 12.2 Å². The van der Waals surface area contributed by atoms with Crippen LogP contribution in [0.2, 0.25) is 0 Å². The molecule has 22 heavy (non-hydrogen) atoms. The molecule has 0 radical (unpaired) electrons. The second-order valence-corrected chi connectivity index (χ2v) is 5.95. The topological polar surface area (TPSA) is 110 Å². The average Bonchev–Trinajstić information content (AvgIpc) is 2.48. The third kappa shape index (κ3) is 3.61. The van der Waals surface area contributed by atoms with Crippen molar-refractivity contribution in [2.75, 3.05) is 17.6 Å². The van der Waals surface area contributed by atoms with Crippen molar-refractivity contribution >= 4 is 40.9 Å². The Morgan fingerprint density at radius 2 is 2.05 bits per heavy atom. The average molecular weight is 323 g/mol. The Morgan fingerprint density at radius 1 is 1.41 bits per heavy atom. The van der Waals surface area contributed by atoms with Crippen LogP contribution in [0.25, 0.3) is 0 Å². The van der Waals surface area contributed by atoms with Gasteiger partial charge in [-0.3, -0.25) is 29.4 Å². The van der Waals surface area contributed by atoms with E-state index in [-0.39, 0.29) is 29.1 Å². The van der Waals surface area contributed by atoms with Gasteiger partial charge >= 0.3 is 0 Å². The molecule has 0 spiro atoms.